The standard InChI is InChI=1S/C10H20O3/c1-4-5-6-12-7-10(11)8-13-9(2)3/h10-11H,2,4-8H2,1,3H3. The van der Waals surface area contributed by atoms with E-state index in [1.807, 2.05) is 0 Å². The first-order valence-corrected chi connectivity index (χ1v) is 4.71. The van der Waals surface area contributed by atoms with Crippen molar-refractivity contribution >= 4 is 0 Å². The van der Waals surface area contributed by atoms with Gasteiger partial charge in [0.25, 0.3) is 0 Å². The third kappa shape index (κ3) is 9.37. The van der Waals surface area contributed by atoms with Gasteiger partial charge in [0.15, 0.2) is 0 Å². The maximum atomic E-state index is 9.31. The van der Waals surface area contributed by atoms with Gasteiger partial charge in [-0.25, -0.2) is 0 Å². The molecule has 0 bridgehead atoms. The van der Waals surface area contributed by atoms with E-state index < -0.39 is 6.10 Å². The van der Waals surface area contributed by atoms with E-state index in [-0.39, 0.29) is 6.61 Å². The summed E-state index contributed by atoms with van der Waals surface area (Å²) in [5.74, 6) is 0.618. The summed E-state index contributed by atoms with van der Waals surface area (Å²) in [4.78, 5) is 0. The molecular weight excluding hydrogens is 168 g/mol. The third-order valence-corrected chi connectivity index (χ3v) is 1.47. The number of aliphatic hydroxyl groups is 1. The number of allylic oxidation sites excluding steroid dienone is 1. The molecule has 0 amide bonds. The predicted octanol–water partition coefficient (Wildman–Crippen LogP) is 1.71. The molecule has 0 aliphatic heterocycles. The molecule has 1 unspecified atom stereocenters. The SMILES string of the molecule is C=C(C)OCC(O)COCCCC. The summed E-state index contributed by atoms with van der Waals surface area (Å²) < 4.78 is 10.2. The van der Waals surface area contributed by atoms with Gasteiger partial charge in [-0.2, -0.15) is 0 Å². The summed E-state index contributed by atoms with van der Waals surface area (Å²) >= 11 is 0. The second-order valence-corrected chi connectivity index (χ2v) is 3.10. The highest BCUT2D eigenvalue weighted by Crippen LogP contribution is 1.95. The van der Waals surface area contributed by atoms with Gasteiger partial charge in [0.2, 0.25) is 0 Å². The molecule has 78 valence electrons. The number of rotatable bonds is 8. The molecule has 3 nitrogen and oxygen atoms in total. The lowest BCUT2D eigenvalue weighted by atomic mass is 10.3. The summed E-state index contributed by atoms with van der Waals surface area (Å²) in [6.45, 7) is 8.73. The van der Waals surface area contributed by atoms with E-state index in [2.05, 4.69) is 13.5 Å². The van der Waals surface area contributed by atoms with E-state index in [1.165, 1.54) is 0 Å². The normalized spacial score (nSPS) is 12.5. The molecular formula is C10H20O3. The van der Waals surface area contributed by atoms with E-state index >= 15 is 0 Å². The average molecular weight is 188 g/mol. The first-order valence-electron chi connectivity index (χ1n) is 4.71. The van der Waals surface area contributed by atoms with Crippen LogP contribution in [0.25, 0.3) is 0 Å². The molecule has 0 heterocycles. The molecule has 0 radical (unpaired) electrons. The summed E-state index contributed by atoms with van der Waals surface area (Å²) in [5.41, 5.74) is 0. The molecule has 3 heteroatoms. The average Bonchev–Trinajstić information content (AvgIpc) is 2.09. The molecule has 0 aromatic rings. The molecule has 0 aliphatic rings. The van der Waals surface area contributed by atoms with Crippen LogP contribution in [-0.4, -0.2) is 31.0 Å². The van der Waals surface area contributed by atoms with Crippen molar-refractivity contribution in [2.24, 2.45) is 0 Å². The molecule has 0 saturated heterocycles. The Morgan fingerprint density at radius 1 is 1.46 bits per heavy atom. The monoisotopic (exact) mass is 188 g/mol. The lowest BCUT2D eigenvalue weighted by molar-refractivity contribution is -0.00291. The Labute approximate surface area is 80.4 Å². The summed E-state index contributed by atoms with van der Waals surface area (Å²) in [7, 11) is 0. The highest BCUT2D eigenvalue weighted by molar-refractivity contribution is 4.74. The zero-order valence-electron chi connectivity index (χ0n) is 8.58. The summed E-state index contributed by atoms with van der Waals surface area (Å²) in [6, 6.07) is 0. The number of aliphatic hydroxyl groups excluding tert-OH is 1. The van der Waals surface area contributed by atoms with Gasteiger partial charge < -0.3 is 14.6 Å². The molecule has 0 fully saturated rings. The van der Waals surface area contributed by atoms with E-state index in [4.69, 9.17) is 9.47 Å². The van der Waals surface area contributed by atoms with Crippen LogP contribution in [0.3, 0.4) is 0 Å². The van der Waals surface area contributed by atoms with Crippen LogP contribution in [0.15, 0.2) is 12.3 Å². The smallest absolute Gasteiger partial charge is 0.116 e. The first-order chi connectivity index (χ1) is 6.16. The van der Waals surface area contributed by atoms with E-state index in [0.717, 1.165) is 12.8 Å². The second-order valence-electron chi connectivity index (χ2n) is 3.10. The lowest BCUT2D eigenvalue weighted by Gasteiger charge is -2.12. The van der Waals surface area contributed by atoms with Crippen LogP contribution in [0.4, 0.5) is 0 Å². The number of hydrogen-bond acceptors (Lipinski definition) is 3. The van der Waals surface area contributed by atoms with Crippen LogP contribution in [-0.2, 0) is 9.47 Å². The summed E-state index contributed by atoms with van der Waals surface area (Å²) in [5, 5.41) is 9.31. The van der Waals surface area contributed by atoms with Gasteiger partial charge in [-0.05, 0) is 13.3 Å². The Bertz CT molecular complexity index is 134. The Morgan fingerprint density at radius 3 is 2.69 bits per heavy atom. The second kappa shape index (κ2) is 8.08. The van der Waals surface area contributed by atoms with Crippen molar-refractivity contribution < 1.29 is 14.6 Å². The molecule has 0 aromatic carbocycles. The quantitative estimate of drug-likeness (QED) is 0.465. The van der Waals surface area contributed by atoms with Gasteiger partial charge in [-0.3, -0.25) is 0 Å². The van der Waals surface area contributed by atoms with Crippen molar-refractivity contribution in [1.82, 2.24) is 0 Å². The summed E-state index contributed by atoms with van der Waals surface area (Å²) in [6.07, 6.45) is 1.60. The van der Waals surface area contributed by atoms with Gasteiger partial charge >= 0.3 is 0 Å². The lowest BCUT2D eigenvalue weighted by Crippen LogP contribution is -2.21. The van der Waals surface area contributed by atoms with Crippen LogP contribution in [0.1, 0.15) is 26.7 Å². The number of ether oxygens (including phenoxy) is 2. The van der Waals surface area contributed by atoms with Gasteiger partial charge in [0.1, 0.15) is 12.7 Å². The van der Waals surface area contributed by atoms with Crippen LogP contribution in [0, 0.1) is 0 Å². The largest absolute Gasteiger partial charge is 0.496 e. The fourth-order valence-electron chi connectivity index (χ4n) is 0.752. The predicted molar refractivity (Wildman–Crippen MR) is 52.5 cm³/mol. The Kier molecular flexibility index (Phi) is 7.74. The van der Waals surface area contributed by atoms with Gasteiger partial charge in [0.05, 0.1) is 12.4 Å². The third-order valence-electron chi connectivity index (χ3n) is 1.47. The molecule has 1 N–H and O–H groups in total. The number of hydrogen-bond donors (Lipinski definition) is 1. The fraction of sp³-hybridized carbons (Fsp3) is 0.800. The van der Waals surface area contributed by atoms with Crippen molar-refractivity contribution in [3.8, 4) is 0 Å². The Hall–Kier alpha value is -0.540. The molecule has 0 aliphatic carbocycles. The van der Waals surface area contributed by atoms with Gasteiger partial charge in [-0.15, -0.1) is 0 Å². The highest BCUT2D eigenvalue weighted by Gasteiger charge is 2.03. The van der Waals surface area contributed by atoms with E-state index in [1.54, 1.807) is 6.92 Å². The van der Waals surface area contributed by atoms with E-state index in [9.17, 15) is 5.11 Å². The van der Waals surface area contributed by atoms with Crippen molar-refractivity contribution in [1.29, 1.82) is 0 Å². The van der Waals surface area contributed by atoms with Crippen LogP contribution in [0.2, 0.25) is 0 Å². The minimum atomic E-state index is -0.548. The molecule has 0 rings (SSSR count). The topological polar surface area (TPSA) is 38.7 Å². The first kappa shape index (κ1) is 12.5. The number of unbranched alkanes of at least 4 members (excludes halogenated alkanes) is 1. The van der Waals surface area contributed by atoms with Crippen molar-refractivity contribution in [2.75, 3.05) is 19.8 Å². The fourth-order valence-corrected chi connectivity index (χ4v) is 0.752. The zero-order valence-corrected chi connectivity index (χ0v) is 8.58. The highest BCUT2D eigenvalue weighted by atomic mass is 16.5. The molecule has 0 saturated carbocycles. The molecule has 0 spiro atoms. The van der Waals surface area contributed by atoms with E-state index in [0.29, 0.717) is 19.0 Å². The molecule has 13 heavy (non-hydrogen) atoms. The van der Waals surface area contributed by atoms with Crippen LogP contribution < -0.4 is 0 Å². The molecule has 0 aromatic heterocycles. The van der Waals surface area contributed by atoms with Gasteiger partial charge in [0, 0.05) is 6.61 Å². The maximum absolute atomic E-state index is 9.31. The van der Waals surface area contributed by atoms with Crippen molar-refractivity contribution in [3.63, 3.8) is 0 Å². The maximum Gasteiger partial charge on any atom is 0.116 e. The zero-order chi connectivity index (χ0) is 10.1. The van der Waals surface area contributed by atoms with Gasteiger partial charge in [-0.1, -0.05) is 19.9 Å². The minimum Gasteiger partial charge on any atom is -0.496 e. The van der Waals surface area contributed by atoms with Crippen LogP contribution in [0.5, 0.6) is 0 Å². The Balaban J connectivity index is 3.19. The Morgan fingerprint density at radius 2 is 2.15 bits per heavy atom. The van der Waals surface area contributed by atoms with Crippen molar-refractivity contribution in [3.05, 3.63) is 12.3 Å². The van der Waals surface area contributed by atoms with Crippen molar-refractivity contribution in [2.45, 2.75) is 32.8 Å². The van der Waals surface area contributed by atoms with Crippen LogP contribution >= 0.6 is 0 Å². The minimum absolute atomic E-state index is 0.265. The molecule has 1 atom stereocenters.